The van der Waals surface area contributed by atoms with Crippen LogP contribution in [0.3, 0.4) is 0 Å². The predicted octanol–water partition coefficient (Wildman–Crippen LogP) is 5.40. The highest BCUT2D eigenvalue weighted by Crippen LogP contribution is 2.53. The molecule has 2 rings (SSSR count). The first kappa shape index (κ1) is 18.2. The van der Waals surface area contributed by atoms with Crippen molar-refractivity contribution >= 4 is 18.9 Å². The molecule has 0 atom stereocenters. The third-order valence-corrected chi connectivity index (χ3v) is 6.37. The van der Waals surface area contributed by atoms with Crippen LogP contribution >= 0.6 is 18.9 Å². The molecule has 1 heterocycles. The van der Waals surface area contributed by atoms with Crippen molar-refractivity contribution in [2.45, 2.75) is 33.5 Å². The molecule has 0 saturated heterocycles. The van der Waals surface area contributed by atoms with Crippen molar-refractivity contribution in [2.24, 2.45) is 0 Å². The second-order valence-corrected chi connectivity index (χ2v) is 8.42. The van der Waals surface area contributed by atoms with Crippen molar-refractivity contribution in [1.82, 2.24) is 0 Å². The molecule has 2 aromatic rings. The molecule has 0 aliphatic carbocycles. The van der Waals surface area contributed by atoms with Gasteiger partial charge in [-0.25, -0.2) is 0 Å². The van der Waals surface area contributed by atoms with Crippen LogP contribution in [-0.4, -0.2) is 13.2 Å². The van der Waals surface area contributed by atoms with Crippen LogP contribution in [0, 0.1) is 6.92 Å². The van der Waals surface area contributed by atoms with Gasteiger partial charge in [-0.1, -0.05) is 30.3 Å². The van der Waals surface area contributed by atoms with Gasteiger partial charge in [-0.15, -0.1) is 11.3 Å². The summed E-state index contributed by atoms with van der Waals surface area (Å²) in [6.07, 6.45) is 0.247. The lowest BCUT2D eigenvalue weighted by molar-refractivity contribution is 0.218. The average Bonchev–Trinajstić information content (AvgIpc) is 2.86. The van der Waals surface area contributed by atoms with Gasteiger partial charge in [0.15, 0.2) is 0 Å². The second-order valence-electron chi connectivity index (χ2n) is 5.02. The number of thiophene rings is 1. The van der Waals surface area contributed by atoms with Gasteiger partial charge >= 0.3 is 7.60 Å². The van der Waals surface area contributed by atoms with Crippen molar-refractivity contribution < 1.29 is 18.3 Å². The molecule has 0 unspecified atom stereocenters. The third kappa shape index (κ3) is 5.47. The minimum absolute atomic E-state index is 0.247. The number of hydrogen-bond acceptors (Lipinski definition) is 5. The van der Waals surface area contributed by atoms with Crippen molar-refractivity contribution in [3.63, 3.8) is 0 Å². The quantitative estimate of drug-likeness (QED) is 0.566. The maximum atomic E-state index is 12.7. The van der Waals surface area contributed by atoms with E-state index in [1.807, 2.05) is 57.2 Å². The van der Waals surface area contributed by atoms with Gasteiger partial charge in [-0.05, 0) is 32.4 Å². The summed E-state index contributed by atoms with van der Waals surface area (Å²) in [5.74, 6) is 0.760. The summed E-state index contributed by atoms with van der Waals surface area (Å²) in [5, 5.41) is 0. The highest BCUT2D eigenvalue weighted by Gasteiger charge is 2.27. The second kappa shape index (κ2) is 8.65. The molecule has 126 valence electrons. The summed E-state index contributed by atoms with van der Waals surface area (Å²) in [5.41, 5.74) is 1.10. The van der Waals surface area contributed by atoms with Gasteiger partial charge in [0.05, 0.1) is 24.3 Å². The summed E-state index contributed by atoms with van der Waals surface area (Å²) < 4.78 is 29.4. The molecule has 1 aromatic heterocycles. The van der Waals surface area contributed by atoms with Crippen LogP contribution in [0.2, 0.25) is 0 Å². The zero-order valence-corrected chi connectivity index (χ0v) is 15.5. The van der Waals surface area contributed by atoms with Crippen LogP contribution in [0.5, 0.6) is 5.75 Å². The zero-order valence-electron chi connectivity index (χ0n) is 13.8. The fourth-order valence-electron chi connectivity index (χ4n) is 2.20. The molecule has 0 N–H and O–H groups in total. The first-order valence-corrected chi connectivity index (χ1v) is 10.2. The topological polar surface area (TPSA) is 44.8 Å². The Kier molecular flexibility index (Phi) is 6.85. The van der Waals surface area contributed by atoms with E-state index in [0.717, 1.165) is 21.1 Å². The molecule has 0 amide bonds. The summed E-state index contributed by atoms with van der Waals surface area (Å²) in [6.45, 7) is 6.85. The van der Waals surface area contributed by atoms with Crippen molar-refractivity contribution in [2.75, 3.05) is 13.2 Å². The van der Waals surface area contributed by atoms with E-state index in [-0.39, 0.29) is 6.16 Å². The van der Waals surface area contributed by atoms with Crippen molar-refractivity contribution in [3.8, 4) is 5.75 Å². The first-order chi connectivity index (χ1) is 11.1. The summed E-state index contributed by atoms with van der Waals surface area (Å²) in [6, 6.07) is 12.0. The van der Waals surface area contributed by atoms with Gasteiger partial charge in [0.25, 0.3) is 0 Å². The van der Waals surface area contributed by atoms with E-state index >= 15 is 0 Å². The van der Waals surface area contributed by atoms with Gasteiger partial charge in [-0.3, -0.25) is 4.57 Å². The summed E-state index contributed by atoms with van der Waals surface area (Å²) >= 11 is 1.57. The van der Waals surface area contributed by atoms with Gasteiger partial charge in [0.2, 0.25) is 0 Å². The Bertz CT molecular complexity index is 644. The fraction of sp³-hybridized carbons (Fsp3) is 0.412. The van der Waals surface area contributed by atoms with E-state index in [0.29, 0.717) is 19.8 Å². The number of ether oxygens (including phenoxy) is 1. The third-order valence-electron chi connectivity index (χ3n) is 3.12. The molecule has 0 bridgehead atoms. The lowest BCUT2D eigenvalue weighted by atomic mass is 10.2. The molecule has 0 radical (unpaired) electrons. The molecule has 6 heteroatoms. The highest BCUT2D eigenvalue weighted by molar-refractivity contribution is 7.53. The van der Waals surface area contributed by atoms with Crippen LogP contribution in [0.15, 0.2) is 36.4 Å². The SMILES string of the molecule is CCOP(=O)(Cc1sc(C)cc1OCc1ccccc1)OCC. The van der Waals surface area contributed by atoms with E-state index in [1.54, 1.807) is 11.3 Å². The Hall–Kier alpha value is -1.13. The Balaban J connectivity index is 2.11. The number of rotatable bonds is 9. The normalized spacial score (nSPS) is 11.6. The van der Waals surface area contributed by atoms with Crippen LogP contribution in [-0.2, 0) is 26.4 Å². The van der Waals surface area contributed by atoms with E-state index < -0.39 is 7.60 Å². The van der Waals surface area contributed by atoms with Crippen LogP contribution in [0.25, 0.3) is 0 Å². The molecule has 0 saturated carbocycles. The Morgan fingerprint density at radius 1 is 1.09 bits per heavy atom. The fourth-order valence-corrected chi connectivity index (χ4v) is 5.26. The molecular formula is C17H23O4PS. The van der Waals surface area contributed by atoms with E-state index in [1.165, 1.54) is 0 Å². The van der Waals surface area contributed by atoms with Gasteiger partial charge in [-0.2, -0.15) is 0 Å². The minimum atomic E-state index is -3.12. The average molecular weight is 354 g/mol. The number of hydrogen-bond donors (Lipinski definition) is 0. The number of aryl methyl sites for hydroxylation is 1. The smallest absolute Gasteiger partial charge is 0.335 e. The monoisotopic (exact) mass is 354 g/mol. The Labute approximate surface area is 141 Å². The molecule has 23 heavy (non-hydrogen) atoms. The Morgan fingerprint density at radius 2 is 1.74 bits per heavy atom. The number of benzene rings is 1. The van der Waals surface area contributed by atoms with Gasteiger partial charge < -0.3 is 13.8 Å². The van der Waals surface area contributed by atoms with E-state index in [2.05, 4.69) is 0 Å². The highest BCUT2D eigenvalue weighted by atomic mass is 32.1. The van der Waals surface area contributed by atoms with Crippen LogP contribution < -0.4 is 4.74 Å². The lowest BCUT2D eigenvalue weighted by Crippen LogP contribution is -2.00. The zero-order chi connectivity index (χ0) is 16.7. The maximum Gasteiger partial charge on any atom is 0.335 e. The van der Waals surface area contributed by atoms with Crippen LogP contribution in [0.4, 0.5) is 0 Å². The molecule has 0 aliphatic heterocycles. The molecule has 1 aromatic carbocycles. The first-order valence-electron chi connectivity index (χ1n) is 7.70. The van der Waals surface area contributed by atoms with E-state index in [9.17, 15) is 4.57 Å². The van der Waals surface area contributed by atoms with Gasteiger partial charge in [0, 0.05) is 4.88 Å². The van der Waals surface area contributed by atoms with E-state index in [4.69, 9.17) is 13.8 Å². The standard InChI is InChI=1S/C17H23O4PS/c1-4-20-22(18,21-5-2)13-17-16(11-14(3)23-17)19-12-15-9-7-6-8-10-15/h6-11H,4-5,12-13H2,1-3H3. The molecule has 4 nitrogen and oxygen atoms in total. The summed E-state index contributed by atoms with van der Waals surface area (Å²) in [4.78, 5) is 2.02. The summed E-state index contributed by atoms with van der Waals surface area (Å²) in [7, 11) is -3.12. The molecule has 0 spiro atoms. The van der Waals surface area contributed by atoms with Crippen molar-refractivity contribution in [1.29, 1.82) is 0 Å². The van der Waals surface area contributed by atoms with Crippen molar-refractivity contribution in [3.05, 3.63) is 51.7 Å². The predicted molar refractivity (Wildman–Crippen MR) is 94.4 cm³/mol. The largest absolute Gasteiger partial charge is 0.488 e. The van der Waals surface area contributed by atoms with Gasteiger partial charge in [0.1, 0.15) is 12.4 Å². The molecule has 0 fully saturated rings. The lowest BCUT2D eigenvalue weighted by Gasteiger charge is -2.17. The Morgan fingerprint density at radius 3 is 2.35 bits per heavy atom. The molecule has 0 aliphatic rings. The maximum absolute atomic E-state index is 12.7. The minimum Gasteiger partial charge on any atom is -0.488 e. The molecular weight excluding hydrogens is 331 g/mol. The van der Waals surface area contributed by atoms with Crippen LogP contribution in [0.1, 0.15) is 29.2 Å².